The molecule has 110 valence electrons. The zero-order valence-corrected chi connectivity index (χ0v) is 11.8. The second kappa shape index (κ2) is 7.12. The van der Waals surface area contributed by atoms with E-state index in [4.69, 9.17) is 14.2 Å². The second-order valence-corrected chi connectivity index (χ2v) is 4.45. The highest BCUT2D eigenvalue weighted by Gasteiger charge is 2.21. The number of morpholine rings is 1. The van der Waals surface area contributed by atoms with Crippen molar-refractivity contribution in [3.8, 4) is 11.5 Å². The van der Waals surface area contributed by atoms with Gasteiger partial charge in [-0.05, 0) is 6.07 Å². The number of hydrogen-bond acceptors (Lipinski definition) is 5. The molecule has 2 N–H and O–H groups in total. The number of hydrogen-bond donors (Lipinski definition) is 2. The van der Waals surface area contributed by atoms with E-state index in [1.807, 2.05) is 18.2 Å². The van der Waals surface area contributed by atoms with Gasteiger partial charge in [0.25, 0.3) is 0 Å². The summed E-state index contributed by atoms with van der Waals surface area (Å²) in [7, 11) is 3.17. The Bertz CT molecular complexity index is 458. The Hall–Kier alpha value is -1.79. The fraction of sp³-hybridized carbons (Fsp3) is 0.500. The summed E-state index contributed by atoms with van der Waals surface area (Å²) >= 11 is 0. The first-order valence-corrected chi connectivity index (χ1v) is 6.55. The predicted octanol–water partition coefficient (Wildman–Crippen LogP) is 0.308. The molecule has 1 aromatic rings. The molecule has 0 radical (unpaired) electrons. The average Bonchev–Trinajstić information content (AvgIpc) is 2.52. The molecule has 0 aliphatic carbocycles. The van der Waals surface area contributed by atoms with Crippen LogP contribution in [0, 0.1) is 0 Å². The van der Waals surface area contributed by atoms with Crippen molar-refractivity contribution in [1.29, 1.82) is 0 Å². The minimum Gasteiger partial charge on any atom is -0.493 e. The summed E-state index contributed by atoms with van der Waals surface area (Å²) in [5.41, 5.74) is 0.872. The van der Waals surface area contributed by atoms with E-state index in [0.717, 1.165) is 5.56 Å². The molecule has 1 aromatic carbocycles. The molecule has 1 aliphatic rings. The SMILES string of the molecule is COc1cccc(CNC(=O)C2COCCN2)c1OC. The number of carbonyl (C=O) groups is 1. The standard InChI is InChI=1S/C14H20N2O4/c1-18-12-5-3-4-10(13(12)19-2)8-16-14(17)11-9-20-7-6-15-11/h3-5,11,15H,6-9H2,1-2H3,(H,16,17). The van der Waals surface area contributed by atoms with Crippen LogP contribution in [-0.2, 0) is 16.1 Å². The fourth-order valence-corrected chi connectivity index (χ4v) is 2.13. The van der Waals surface area contributed by atoms with Crippen molar-refractivity contribution in [2.75, 3.05) is 34.0 Å². The number of methoxy groups -OCH3 is 2. The Morgan fingerprint density at radius 1 is 1.45 bits per heavy atom. The first kappa shape index (κ1) is 14.6. The van der Waals surface area contributed by atoms with Gasteiger partial charge in [-0.3, -0.25) is 4.79 Å². The maximum atomic E-state index is 12.0. The molecule has 0 saturated carbocycles. The molecule has 1 unspecified atom stereocenters. The van der Waals surface area contributed by atoms with E-state index in [9.17, 15) is 4.79 Å². The zero-order chi connectivity index (χ0) is 14.4. The molecule has 6 heteroatoms. The fourth-order valence-electron chi connectivity index (χ4n) is 2.13. The molecule has 20 heavy (non-hydrogen) atoms. The molecule has 2 rings (SSSR count). The van der Waals surface area contributed by atoms with Gasteiger partial charge in [-0.1, -0.05) is 12.1 Å². The monoisotopic (exact) mass is 280 g/mol. The van der Waals surface area contributed by atoms with Crippen LogP contribution in [0.3, 0.4) is 0 Å². The first-order valence-electron chi connectivity index (χ1n) is 6.55. The maximum absolute atomic E-state index is 12.0. The summed E-state index contributed by atoms with van der Waals surface area (Å²) < 4.78 is 15.8. The van der Waals surface area contributed by atoms with Crippen molar-refractivity contribution in [3.05, 3.63) is 23.8 Å². The first-order chi connectivity index (χ1) is 9.76. The molecule has 1 aliphatic heterocycles. The van der Waals surface area contributed by atoms with Crippen molar-refractivity contribution in [3.63, 3.8) is 0 Å². The van der Waals surface area contributed by atoms with E-state index in [-0.39, 0.29) is 11.9 Å². The molecular weight excluding hydrogens is 260 g/mol. The van der Waals surface area contributed by atoms with E-state index < -0.39 is 0 Å². The number of benzene rings is 1. The third-order valence-electron chi connectivity index (χ3n) is 3.18. The van der Waals surface area contributed by atoms with Crippen molar-refractivity contribution in [1.82, 2.24) is 10.6 Å². The van der Waals surface area contributed by atoms with E-state index in [2.05, 4.69) is 10.6 Å². The number of amides is 1. The number of rotatable bonds is 5. The average molecular weight is 280 g/mol. The molecule has 1 saturated heterocycles. The third-order valence-corrected chi connectivity index (χ3v) is 3.18. The van der Waals surface area contributed by atoms with Gasteiger partial charge in [0.15, 0.2) is 11.5 Å². The van der Waals surface area contributed by atoms with Gasteiger partial charge in [-0.15, -0.1) is 0 Å². The van der Waals surface area contributed by atoms with E-state index in [1.165, 1.54) is 0 Å². The Morgan fingerprint density at radius 2 is 2.30 bits per heavy atom. The van der Waals surface area contributed by atoms with Crippen molar-refractivity contribution >= 4 is 5.91 Å². The summed E-state index contributed by atoms with van der Waals surface area (Å²) in [6, 6.07) is 5.29. The molecule has 0 aromatic heterocycles. The lowest BCUT2D eigenvalue weighted by Crippen LogP contribution is -2.51. The highest BCUT2D eigenvalue weighted by Crippen LogP contribution is 2.30. The Balaban J connectivity index is 1.98. The third kappa shape index (κ3) is 3.40. The van der Waals surface area contributed by atoms with Crippen LogP contribution in [0.15, 0.2) is 18.2 Å². The quantitative estimate of drug-likeness (QED) is 0.812. The van der Waals surface area contributed by atoms with Crippen LogP contribution in [0.5, 0.6) is 11.5 Å². The topological polar surface area (TPSA) is 68.8 Å². The molecule has 0 bridgehead atoms. The summed E-state index contributed by atoms with van der Waals surface area (Å²) in [6.07, 6.45) is 0. The summed E-state index contributed by atoms with van der Waals surface area (Å²) in [4.78, 5) is 12.0. The lowest BCUT2D eigenvalue weighted by Gasteiger charge is -2.23. The number of para-hydroxylation sites is 1. The number of ether oxygens (including phenoxy) is 3. The largest absolute Gasteiger partial charge is 0.493 e. The summed E-state index contributed by atoms with van der Waals surface area (Å²) in [5, 5.41) is 5.99. The number of carbonyl (C=O) groups excluding carboxylic acids is 1. The van der Waals surface area contributed by atoms with Gasteiger partial charge in [0.1, 0.15) is 6.04 Å². The minimum atomic E-state index is -0.291. The van der Waals surface area contributed by atoms with Crippen LogP contribution in [0.1, 0.15) is 5.56 Å². The molecule has 6 nitrogen and oxygen atoms in total. The minimum absolute atomic E-state index is 0.0745. The van der Waals surface area contributed by atoms with Crippen LogP contribution in [-0.4, -0.2) is 45.9 Å². The Morgan fingerprint density at radius 3 is 2.95 bits per heavy atom. The Kier molecular flexibility index (Phi) is 5.20. The molecule has 1 atom stereocenters. The molecule has 1 fully saturated rings. The molecule has 1 amide bonds. The van der Waals surface area contributed by atoms with Crippen molar-refractivity contribution < 1.29 is 19.0 Å². The normalized spacial score (nSPS) is 18.4. The van der Waals surface area contributed by atoms with Gasteiger partial charge in [0, 0.05) is 18.7 Å². The second-order valence-electron chi connectivity index (χ2n) is 4.45. The predicted molar refractivity (Wildman–Crippen MR) is 74.0 cm³/mol. The van der Waals surface area contributed by atoms with Gasteiger partial charge in [-0.2, -0.15) is 0 Å². The lowest BCUT2D eigenvalue weighted by molar-refractivity contribution is -0.126. The van der Waals surface area contributed by atoms with Crippen LogP contribution in [0.25, 0.3) is 0 Å². The summed E-state index contributed by atoms with van der Waals surface area (Å²) in [5.74, 6) is 1.22. The van der Waals surface area contributed by atoms with Gasteiger partial charge >= 0.3 is 0 Å². The number of nitrogens with one attached hydrogen (secondary N) is 2. The van der Waals surface area contributed by atoms with Crippen LogP contribution >= 0.6 is 0 Å². The van der Waals surface area contributed by atoms with Crippen molar-refractivity contribution in [2.24, 2.45) is 0 Å². The highest BCUT2D eigenvalue weighted by atomic mass is 16.5. The molecule has 0 spiro atoms. The van der Waals surface area contributed by atoms with Crippen LogP contribution in [0.4, 0.5) is 0 Å². The van der Waals surface area contributed by atoms with E-state index in [1.54, 1.807) is 14.2 Å². The maximum Gasteiger partial charge on any atom is 0.239 e. The smallest absolute Gasteiger partial charge is 0.239 e. The van der Waals surface area contributed by atoms with E-state index in [0.29, 0.717) is 37.8 Å². The highest BCUT2D eigenvalue weighted by molar-refractivity contribution is 5.82. The molecule has 1 heterocycles. The van der Waals surface area contributed by atoms with Gasteiger partial charge in [0.2, 0.25) is 5.91 Å². The van der Waals surface area contributed by atoms with Crippen molar-refractivity contribution in [2.45, 2.75) is 12.6 Å². The Labute approximate surface area is 118 Å². The van der Waals surface area contributed by atoms with Gasteiger partial charge in [-0.25, -0.2) is 0 Å². The zero-order valence-electron chi connectivity index (χ0n) is 11.8. The molecular formula is C14H20N2O4. The van der Waals surface area contributed by atoms with E-state index >= 15 is 0 Å². The van der Waals surface area contributed by atoms with Crippen LogP contribution in [0.2, 0.25) is 0 Å². The van der Waals surface area contributed by atoms with Crippen LogP contribution < -0.4 is 20.1 Å². The summed E-state index contributed by atoms with van der Waals surface area (Å²) in [6.45, 7) is 2.13. The van der Waals surface area contributed by atoms with Gasteiger partial charge in [0.05, 0.1) is 27.4 Å². The lowest BCUT2D eigenvalue weighted by atomic mass is 10.1. The van der Waals surface area contributed by atoms with Gasteiger partial charge < -0.3 is 24.8 Å².